The number of anilines is 1. The number of hydrogen-bond donors (Lipinski definition) is 1. The van der Waals surface area contributed by atoms with Crippen LogP contribution in [0.4, 0.5) is 10.1 Å². The molecule has 0 fully saturated rings. The van der Waals surface area contributed by atoms with Gasteiger partial charge in [-0.3, -0.25) is 9.59 Å². The predicted octanol–water partition coefficient (Wildman–Crippen LogP) is 2.76. The van der Waals surface area contributed by atoms with Crippen LogP contribution in [-0.2, 0) is 22.6 Å². The number of carbonyl (C=O) groups is 2. The van der Waals surface area contributed by atoms with E-state index in [1.165, 1.54) is 18.2 Å². The van der Waals surface area contributed by atoms with Gasteiger partial charge in [0.1, 0.15) is 12.2 Å². The van der Waals surface area contributed by atoms with Crippen molar-refractivity contribution in [3.63, 3.8) is 0 Å². The van der Waals surface area contributed by atoms with Crippen LogP contribution in [0.2, 0.25) is 0 Å². The summed E-state index contributed by atoms with van der Waals surface area (Å²) in [4.78, 5) is 26.2. The standard InChI is InChI=1S/C20H21FN2O4/c1-26-17-8-13-6-7-23(12-14(13)9-18(17)27-2)20(25)11-19(24)22-16-5-3-4-15(21)10-16/h3-5,8-10H,6-7,11-12H2,1-2H3,(H,22,24). The molecule has 0 spiro atoms. The van der Waals surface area contributed by atoms with E-state index in [9.17, 15) is 14.0 Å². The maximum atomic E-state index is 13.2. The van der Waals surface area contributed by atoms with Gasteiger partial charge in [-0.25, -0.2) is 4.39 Å². The molecule has 2 amide bonds. The Morgan fingerprint density at radius 1 is 1.11 bits per heavy atom. The third kappa shape index (κ3) is 4.36. The summed E-state index contributed by atoms with van der Waals surface area (Å²) in [5.74, 6) is 0.0732. The Kier molecular flexibility index (Phi) is 5.59. The molecule has 0 atom stereocenters. The van der Waals surface area contributed by atoms with Crippen LogP contribution in [-0.4, -0.2) is 37.5 Å². The Morgan fingerprint density at radius 2 is 1.81 bits per heavy atom. The molecule has 1 aliphatic heterocycles. The molecule has 1 heterocycles. The number of nitrogens with zero attached hydrogens (tertiary/aromatic N) is 1. The summed E-state index contributed by atoms with van der Waals surface area (Å²) in [5.41, 5.74) is 2.40. The zero-order valence-corrected chi connectivity index (χ0v) is 15.3. The molecule has 3 rings (SSSR count). The van der Waals surface area contributed by atoms with E-state index in [1.807, 2.05) is 12.1 Å². The predicted molar refractivity (Wildman–Crippen MR) is 98.3 cm³/mol. The molecule has 1 aliphatic rings. The highest BCUT2D eigenvalue weighted by Crippen LogP contribution is 2.33. The molecule has 142 valence electrons. The number of nitrogens with one attached hydrogen (secondary N) is 1. The minimum absolute atomic E-state index is 0.274. The molecule has 27 heavy (non-hydrogen) atoms. The lowest BCUT2D eigenvalue weighted by Crippen LogP contribution is -2.37. The number of hydrogen-bond acceptors (Lipinski definition) is 4. The van der Waals surface area contributed by atoms with Gasteiger partial charge >= 0.3 is 0 Å². The highest BCUT2D eigenvalue weighted by atomic mass is 19.1. The second-order valence-electron chi connectivity index (χ2n) is 6.28. The molecule has 0 saturated carbocycles. The average Bonchev–Trinajstić information content (AvgIpc) is 2.66. The van der Waals surface area contributed by atoms with E-state index in [0.29, 0.717) is 36.7 Å². The van der Waals surface area contributed by atoms with Gasteiger partial charge in [0, 0.05) is 18.8 Å². The Balaban J connectivity index is 1.64. The van der Waals surface area contributed by atoms with Crippen molar-refractivity contribution in [3.8, 4) is 11.5 Å². The number of fused-ring (bicyclic) bond motifs is 1. The third-order valence-electron chi connectivity index (χ3n) is 4.49. The van der Waals surface area contributed by atoms with Crippen molar-refractivity contribution in [2.24, 2.45) is 0 Å². The van der Waals surface area contributed by atoms with Gasteiger partial charge in [0.15, 0.2) is 11.5 Å². The summed E-state index contributed by atoms with van der Waals surface area (Å²) in [5, 5.41) is 2.54. The molecule has 2 aromatic carbocycles. The first kappa shape index (κ1) is 18.7. The molecule has 0 unspecified atom stereocenters. The number of carbonyl (C=O) groups excluding carboxylic acids is 2. The van der Waals surface area contributed by atoms with Crippen molar-refractivity contribution in [1.82, 2.24) is 4.90 Å². The lowest BCUT2D eigenvalue weighted by molar-refractivity contribution is -0.135. The van der Waals surface area contributed by atoms with Gasteiger partial charge in [-0.05, 0) is 47.9 Å². The van der Waals surface area contributed by atoms with Crippen LogP contribution in [0.1, 0.15) is 17.5 Å². The van der Waals surface area contributed by atoms with Crippen LogP contribution >= 0.6 is 0 Å². The van der Waals surface area contributed by atoms with Crippen molar-refractivity contribution in [2.45, 2.75) is 19.4 Å². The molecule has 0 radical (unpaired) electrons. The molecule has 0 bridgehead atoms. The molecule has 0 aliphatic carbocycles. The minimum Gasteiger partial charge on any atom is -0.493 e. The second-order valence-corrected chi connectivity index (χ2v) is 6.28. The molecule has 0 saturated heterocycles. The summed E-state index contributed by atoms with van der Waals surface area (Å²) in [6.45, 7) is 0.927. The van der Waals surface area contributed by atoms with Crippen LogP contribution < -0.4 is 14.8 Å². The topological polar surface area (TPSA) is 67.9 Å². The summed E-state index contributed by atoms with van der Waals surface area (Å²) >= 11 is 0. The summed E-state index contributed by atoms with van der Waals surface area (Å²) < 4.78 is 23.8. The fourth-order valence-electron chi connectivity index (χ4n) is 3.12. The van der Waals surface area contributed by atoms with Crippen molar-refractivity contribution < 1.29 is 23.5 Å². The van der Waals surface area contributed by atoms with Crippen LogP contribution in [0.25, 0.3) is 0 Å². The van der Waals surface area contributed by atoms with Crippen molar-refractivity contribution >= 4 is 17.5 Å². The molecule has 1 N–H and O–H groups in total. The molecule has 0 aromatic heterocycles. The van der Waals surface area contributed by atoms with Crippen LogP contribution in [0, 0.1) is 5.82 Å². The van der Waals surface area contributed by atoms with Gasteiger partial charge in [-0.1, -0.05) is 6.07 Å². The monoisotopic (exact) mass is 372 g/mol. The van der Waals surface area contributed by atoms with Crippen LogP contribution in [0.15, 0.2) is 36.4 Å². The van der Waals surface area contributed by atoms with Crippen molar-refractivity contribution in [2.75, 3.05) is 26.1 Å². The van der Waals surface area contributed by atoms with Gasteiger partial charge in [0.05, 0.1) is 14.2 Å². The zero-order valence-electron chi connectivity index (χ0n) is 15.3. The highest BCUT2D eigenvalue weighted by Gasteiger charge is 2.24. The van der Waals surface area contributed by atoms with E-state index < -0.39 is 11.7 Å². The zero-order chi connectivity index (χ0) is 19.4. The number of halogens is 1. The number of amides is 2. The van der Waals surface area contributed by atoms with Crippen LogP contribution in [0.3, 0.4) is 0 Å². The van der Waals surface area contributed by atoms with Gasteiger partial charge in [0.25, 0.3) is 0 Å². The first-order valence-electron chi connectivity index (χ1n) is 8.57. The third-order valence-corrected chi connectivity index (χ3v) is 4.49. The average molecular weight is 372 g/mol. The van der Waals surface area contributed by atoms with Crippen LogP contribution in [0.5, 0.6) is 11.5 Å². The number of methoxy groups -OCH3 is 2. The fraction of sp³-hybridized carbons (Fsp3) is 0.300. The van der Waals surface area contributed by atoms with Crippen molar-refractivity contribution in [3.05, 3.63) is 53.3 Å². The number of ether oxygens (including phenoxy) is 2. The molecule has 7 heteroatoms. The quantitative estimate of drug-likeness (QED) is 0.820. The van der Waals surface area contributed by atoms with Crippen molar-refractivity contribution in [1.29, 1.82) is 0 Å². The van der Waals surface area contributed by atoms with Gasteiger partial charge in [-0.2, -0.15) is 0 Å². The normalized spacial score (nSPS) is 12.9. The number of rotatable bonds is 5. The Hall–Kier alpha value is -3.09. The molecule has 2 aromatic rings. The van der Waals surface area contributed by atoms with Gasteiger partial charge in [0.2, 0.25) is 11.8 Å². The minimum atomic E-state index is -0.469. The van der Waals surface area contributed by atoms with E-state index in [0.717, 1.165) is 11.1 Å². The second kappa shape index (κ2) is 8.07. The molecular weight excluding hydrogens is 351 g/mol. The SMILES string of the molecule is COc1cc2c(cc1OC)CN(C(=O)CC(=O)Nc1cccc(F)c1)CC2. The smallest absolute Gasteiger partial charge is 0.233 e. The highest BCUT2D eigenvalue weighted by molar-refractivity contribution is 6.03. The van der Waals surface area contributed by atoms with Gasteiger partial charge in [-0.15, -0.1) is 0 Å². The largest absolute Gasteiger partial charge is 0.493 e. The Bertz CT molecular complexity index is 869. The Labute approximate surface area is 156 Å². The maximum Gasteiger partial charge on any atom is 0.233 e. The lowest BCUT2D eigenvalue weighted by atomic mass is 9.98. The van der Waals surface area contributed by atoms with E-state index >= 15 is 0 Å². The van der Waals surface area contributed by atoms with E-state index in [-0.39, 0.29) is 12.3 Å². The summed E-state index contributed by atoms with van der Waals surface area (Å²) in [6, 6.07) is 9.35. The molecule has 6 nitrogen and oxygen atoms in total. The first-order valence-corrected chi connectivity index (χ1v) is 8.57. The summed E-state index contributed by atoms with van der Waals surface area (Å²) in [6.07, 6.45) is 0.381. The fourth-order valence-corrected chi connectivity index (χ4v) is 3.12. The first-order chi connectivity index (χ1) is 13.0. The lowest BCUT2D eigenvalue weighted by Gasteiger charge is -2.29. The molecular formula is C20H21FN2O4. The summed E-state index contributed by atoms with van der Waals surface area (Å²) in [7, 11) is 3.15. The van der Waals surface area contributed by atoms with E-state index in [2.05, 4.69) is 5.32 Å². The number of benzene rings is 2. The van der Waals surface area contributed by atoms with E-state index in [4.69, 9.17) is 9.47 Å². The maximum absolute atomic E-state index is 13.2. The van der Waals surface area contributed by atoms with E-state index in [1.54, 1.807) is 25.2 Å². The Morgan fingerprint density at radius 3 is 2.48 bits per heavy atom. The van der Waals surface area contributed by atoms with Gasteiger partial charge < -0.3 is 19.7 Å².